The molecule has 0 saturated carbocycles. The van der Waals surface area contributed by atoms with E-state index in [1.807, 2.05) is 18.2 Å². The van der Waals surface area contributed by atoms with Crippen molar-refractivity contribution >= 4 is 10.1 Å². The van der Waals surface area contributed by atoms with Crippen LogP contribution >= 0.6 is 0 Å². The van der Waals surface area contributed by atoms with Gasteiger partial charge in [0.2, 0.25) is 0 Å². The summed E-state index contributed by atoms with van der Waals surface area (Å²) in [5, 5.41) is 0. The van der Waals surface area contributed by atoms with Crippen LogP contribution in [0.25, 0.3) is 0 Å². The topological polar surface area (TPSA) is 66.4 Å². The molecule has 0 aromatic heterocycles. The van der Waals surface area contributed by atoms with Crippen LogP contribution in [0, 0.1) is 0 Å². The van der Waals surface area contributed by atoms with Gasteiger partial charge in [-0.3, -0.25) is 0 Å². The molecule has 0 aliphatic carbocycles. The van der Waals surface area contributed by atoms with Gasteiger partial charge in [-0.15, -0.1) is 0 Å². The van der Waals surface area contributed by atoms with Crippen LogP contribution in [0.2, 0.25) is 0 Å². The van der Waals surface area contributed by atoms with Crippen LogP contribution in [0.1, 0.15) is 89.5 Å². The third-order valence-corrected chi connectivity index (χ3v) is 6.42. The second-order valence-corrected chi connectivity index (χ2v) is 9.69. The molecule has 4 nitrogen and oxygen atoms in total. The predicted octanol–water partition coefficient (Wildman–Crippen LogP) is 4.63. The molecule has 0 unspecified atom stereocenters. The molecular formula is C26H37KO4S. The number of hydrogen-bond donors (Lipinski definition) is 0. The molecule has 2 aromatic rings. The van der Waals surface area contributed by atoms with E-state index in [1.54, 1.807) is 0 Å². The molecule has 0 amide bonds. The Kier molecular flexibility index (Phi) is 16.1. The molecule has 0 fully saturated rings. The predicted molar refractivity (Wildman–Crippen MR) is 126 cm³/mol. The molecule has 32 heavy (non-hydrogen) atoms. The quantitative estimate of drug-likeness (QED) is 0.198. The van der Waals surface area contributed by atoms with Crippen molar-refractivity contribution in [1.29, 1.82) is 0 Å². The van der Waals surface area contributed by atoms with Gasteiger partial charge in [-0.25, -0.2) is 8.42 Å². The second-order valence-electron chi connectivity index (χ2n) is 8.31. The summed E-state index contributed by atoms with van der Waals surface area (Å²) in [7, 11) is -4.43. The van der Waals surface area contributed by atoms with Crippen LogP contribution in [-0.4, -0.2) is 13.0 Å². The Morgan fingerprint density at radius 2 is 1.25 bits per heavy atom. The SMILES string of the molecule is CCCCCCCCCCCCCCc1cccc(Oc2ccc(S(=O)(=O)[O-])cc2)c1.[K+]. The average molecular weight is 485 g/mol. The molecule has 0 heterocycles. The van der Waals surface area contributed by atoms with Gasteiger partial charge in [-0.1, -0.05) is 89.7 Å². The summed E-state index contributed by atoms with van der Waals surface area (Å²) >= 11 is 0. The summed E-state index contributed by atoms with van der Waals surface area (Å²) in [6, 6.07) is 13.5. The molecule has 0 atom stereocenters. The maximum atomic E-state index is 11.0. The van der Waals surface area contributed by atoms with E-state index in [-0.39, 0.29) is 56.3 Å². The van der Waals surface area contributed by atoms with Gasteiger partial charge in [0.05, 0.1) is 4.90 Å². The summed E-state index contributed by atoms with van der Waals surface area (Å²) < 4.78 is 38.8. The van der Waals surface area contributed by atoms with Crippen LogP contribution < -0.4 is 56.1 Å². The third-order valence-electron chi connectivity index (χ3n) is 5.57. The van der Waals surface area contributed by atoms with E-state index in [1.165, 1.54) is 107 Å². The molecular weight excluding hydrogens is 447 g/mol. The summed E-state index contributed by atoms with van der Waals surface area (Å²) in [6.07, 6.45) is 17.2. The van der Waals surface area contributed by atoms with E-state index in [2.05, 4.69) is 13.0 Å². The van der Waals surface area contributed by atoms with Crippen LogP contribution in [0.15, 0.2) is 53.4 Å². The minimum absolute atomic E-state index is 0. The Hall–Kier alpha value is -0.214. The first-order valence-electron chi connectivity index (χ1n) is 11.8. The van der Waals surface area contributed by atoms with Gasteiger partial charge in [0.15, 0.2) is 0 Å². The Morgan fingerprint density at radius 3 is 1.78 bits per heavy atom. The van der Waals surface area contributed by atoms with Crippen molar-refractivity contribution in [3.8, 4) is 11.5 Å². The largest absolute Gasteiger partial charge is 1.00 e. The van der Waals surface area contributed by atoms with Crippen molar-refractivity contribution in [3.05, 3.63) is 54.1 Å². The first-order valence-corrected chi connectivity index (χ1v) is 13.2. The zero-order valence-corrected chi connectivity index (χ0v) is 23.8. The van der Waals surface area contributed by atoms with E-state index < -0.39 is 10.1 Å². The number of unbranched alkanes of at least 4 members (excludes halogenated alkanes) is 11. The number of hydrogen-bond acceptors (Lipinski definition) is 4. The molecule has 0 saturated heterocycles. The van der Waals surface area contributed by atoms with Gasteiger partial charge in [0, 0.05) is 0 Å². The Morgan fingerprint density at radius 1 is 0.719 bits per heavy atom. The van der Waals surface area contributed by atoms with Crippen LogP contribution in [0.4, 0.5) is 0 Å². The maximum Gasteiger partial charge on any atom is 1.00 e. The van der Waals surface area contributed by atoms with Crippen molar-refractivity contribution in [2.75, 3.05) is 0 Å². The molecule has 0 aliphatic rings. The maximum absolute atomic E-state index is 11.0. The van der Waals surface area contributed by atoms with Crippen molar-refractivity contribution in [3.63, 3.8) is 0 Å². The van der Waals surface area contributed by atoms with E-state index >= 15 is 0 Å². The Labute approximate surface area is 237 Å². The first-order chi connectivity index (χ1) is 15.0. The van der Waals surface area contributed by atoms with Crippen LogP contribution in [-0.2, 0) is 16.5 Å². The molecule has 0 N–H and O–H groups in total. The molecule has 172 valence electrons. The molecule has 2 aromatic carbocycles. The van der Waals surface area contributed by atoms with E-state index in [0.717, 1.165) is 6.42 Å². The number of rotatable bonds is 16. The van der Waals surface area contributed by atoms with E-state index in [4.69, 9.17) is 4.74 Å². The summed E-state index contributed by atoms with van der Waals surface area (Å²) in [4.78, 5) is -0.249. The fourth-order valence-corrected chi connectivity index (χ4v) is 4.21. The normalized spacial score (nSPS) is 11.2. The molecule has 6 heteroatoms. The van der Waals surface area contributed by atoms with Gasteiger partial charge < -0.3 is 9.29 Å². The fraction of sp³-hybridized carbons (Fsp3) is 0.538. The molecule has 0 aliphatic heterocycles. The van der Waals surface area contributed by atoms with Gasteiger partial charge in [0.1, 0.15) is 21.6 Å². The molecule has 2 rings (SSSR count). The van der Waals surface area contributed by atoms with E-state index in [0.29, 0.717) is 11.5 Å². The second kappa shape index (κ2) is 17.3. The molecule has 0 bridgehead atoms. The zero-order valence-electron chi connectivity index (χ0n) is 19.9. The number of aryl methyl sites for hydroxylation is 1. The van der Waals surface area contributed by atoms with Gasteiger partial charge in [-0.05, 0) is 54.8 Å². The minimum Gasteiger partial charge on any atom is -0.744 e. The van der Waals surface area contributed by atoms with E-state index in [9.17, 15) is 13.0 Å². The fourth-order valence-electron chi connectivity index (χ4n) is 3.75. The van der Waals surface area contributed by atoms with Gasteiger partial charge >= 0.3 is 51.4 Å². The monoisotopic (exact) mass is 484 g/mol. The number of benzene rings is 2. The van der Waals surface area contributed by atoms with Crippen molar-refractivity contribution in [2.45, 2.75) is 95.3 Å². The standard InChI is InChI=1S/C26H38O4S.K/c1-2-3-4-5-6-7-8-9-10-11-12-13-15-23-16-14-17-25(22-23)30-24-18-20-26(21-19-24)31(27,28)29;/h14,16-22H,2-13,15H2,1H3,(H,27,28,29);/q;+1/p-1. The van der Waals surface area contributed by atoms with Crippen molar-refractivity contribution in [2.24, 2.45) is 0 Å². The van der Waals surface area contributed by atoms with Crippen molar-refractivity contribution < 1.29 is 69.1 Å². The zero-order chi connectivity index (χ0) is 22.4. The summed E-state index contributed by atoms with van der Waals surface area (Å²) in [5.74, 6) is 1.23. The van der Waals surface area contributed by atoms with Crippen LogP contribution in [0.5, 0.6) is 11.5 Å². The van der Waals surface area contributed by atoms with Gasteiger partial charge in [-0.2, -0.15) is 0 Å². The Balaban J connectivity index is 0.00000512. The summed E-state index contributed by atoms with van der Waals surface area (Å²) in [5.41, 5.74) is 1.24. The smallest absolute Gasteiger partial charge is 0.744 e. The third kappa shape index (κ3) is 12.9. The van der Waals surface area contributed by atoms with Crippen LogP contribution in [0.3, 0.4) is 0 Å². The number of ether oxygens (including phenoxy) is 1. The molecule has 0 spiro atoms. The minimum atomic E-state index is -4.43. The average Bonchev–Trinajstić information content (AvgIpc) is 2.74. The first kappa shape index (κ1) is 29.8. The molecule has 0 radical (unpaired) electrons. The summed E-state index contributed by atoms with van der Waals surface area (Å²) in [6.45, 7) is 2.26. The van der Waals surface area contributed by atoms with Gasteiger partial charge in [0.25, 0.3) is 0 Å². The Bertz CT molecular complexity index is 850. The van der Waals surface area contributed by atoms with Crippen molar-refractivity contribution in [1.82, 2.24) is 0 Å².